The fourth-order valence-corrected chi connectivity index (χ4v) is 3.92. The van der Waals surface area contributed by atoms with Gasteiger partial charge in [-0.15, -0.1) is 0 Å². The molecule has 12 heteroatoms. The molecular formula is C16H18FN3O7S. The molecule has 0 saturated carbocycles. The van der Waals surface area contributed by atoms with Crippen molar-refractivity contribution in [2.45, 2.75) is 24.7 Å². The lowest BCUT2D eigenvalue weighted by Gasteiger charge is -2.32. The molecule has 2 fully saturated rings. The van der Waals surface area contributed by atoms with Crippen LogP contribution in [0, 0.1) is 5.82 Å². The third-order valence-corrected chi connectivity index (χ3v) is 5.38. The van der Waals surface area contributed by atoms with Crippen LogP contribution in [0.25, 0.3) is 0 Å². The van der Waals surface area contributed by atoms with Gasteiger partial charge in [0.25, 0.3) is 11.6 Å². The summed E-state index contributed by atoms with van der Waals surface area (Å²) in [5, 5.41) is 2.31. The van der Waals surface area contributed by atoms with Gasteiger partial charge in [-0.1, -0.05) is 18.2 Å². The second-order valence-corrected chi connectivity index (χ2v) is 7.78. The molecule has 2 heterocycles. The average Bonchev–Trinajstić information content (AvgIpc) is 3.10. The number of carbonyl (C=O) groups is 3. The zero-order valence-electron chi connectivity index (χ0n) is 15.0. The highest BCUT2D eigenvalue weighted by Gasteiger charge is 2.62. The highest BCUT2D eigenvalue weighted by atomic mass is 32.3. The van der Waals surface area contributed by atoms with Gasteiger partial charge in [-0.3, -0.25) is 19.3 Å². The first-order valence-electron chi connectivity index (χ1n) is 8.22. The number of nitrogens with one attached hydrogen (secondary N) is 1. The summed E-state index contributed by atoms with van der Waals surface area (Å²) in [6.45, 7) is -1.21. The van der Waals surface area contributed by atoms with Crippen LogP contribution in [-0.2, 0) is 39.7 Å². The number of carbonyl (C=O) groups excluding carboxylic acids is 3. The minimum absolute atomic E-state index is 0.123. The monoisotopic (exact) mass is 415 g/mol. The lowest BCUT2D eigenvalue weighted by atomic mass is 10.1. The largest absolute Gasteiger partial charge is 0.402 e. The predicted octanol–water partition coefficient (Wildman–Crippen LogP) is -0.881. The number of likely N-dealkylation sites (N-methyl/N-ethyl adjacent to an activating group) is 1. The maximum atomic E-state index is 13.8. The standard InChI is InChI=1S/C16H18FN3O7S/c1-19(2)12-7-13(21)20(14(12)22)16(9-26-28(24,25)27-16)15(23)18-8-10-5-3-4-6-11(10)17/h3-6,12H,7-9H2,1-2H3,(H,18,23)/t12-,16-/m1/s1. The van der Waals surface area contributed by atoms with Gasteiger partial charge < -0.3 is 5.32 Å². The summed E-state index contributed by atoms with van der Waals surface area (Å²) in [6, 6.07) is 4.74. The van der Waals surface area contributed by atoms with E-state index < -0.39 is 52.3 Å². The zero-order valence-corrected chi connectivity index (χ0v) is 15.9. The van der Waals surface area contributed by atoms with Gasteiger partial charge in [-0.2, -0.15) is 8.42 Å². The van der Waals surface area contributed by atoms with Crippen molar-refractivity contribution >= 4 is 28.1 Å². The smallest absolute Gasteiger partial charge is 0.348 e. The first kappa shape index (κ1) is 20.3. The number of likely N-dealkylation sites (tertiary alicyclic amines) is 1. The molecule has 1 aromatic rings. The molecule has 2 aliphatic rings. The minimum Gasteiger partial charge on any atom is -0.348 e. The highest BCUT2D eigenvalue weighted by molar-refractivity contribution is 7.82. The highest BCUT2D eigenvalue weighted by Crippen LogP contribution is 2.34. The van der Waals surface area contributed by atoms with E-state index in [0.717, 1.165) is 0 Å². The molecule has 0 radical (unpaired) electrons. The number of imide groups is 1. The summed E-state index contributed by atoms with van der Waals surface area (Å²) >= 11 is 0. The molecule has 2 atom stereocenters. The van der Waals surface area contributed by atoms with E-state index in [-0.39, 0.29) is 18.5 Å². The van der Waals surface area contributed by atoms with Gasteiger partial charge in [0.15, 0.2) is 0 Å². The van der Waals surface area contributed by atoms with Crippen molar-refractivity contribution in [1.82, 2.24) is 15.1 Å². The van der Waals surface area contributed by atoms with Gasteiger partial charge in [0.1, 0.15) is 12.4 Å². The molecule has 1 N–H and O–H groups in total. The second-order valence-electron chi connectivity index (χ2n) is 6.56. The van der Waals surface area contributed by atoms with E-state index >= 15 is 0 Å². The fraction of sp³-hybridized carbons (Fsp3) is 0.438. The van der Waals surface area contributed by atoms with Crippen molar-refractivity contribution in [3.8, 4) is 0 Å². The maximum absolute atomic E-state index is 13.8. The molecular weight excluding hydrogens is 397 g/mol. The molecule has 1 aromatic carbocycles. The SMILES string of the molecule is CN(C)[C@@H]1CC(=O)N([C@]2(C(=O)NCc3ccccc3F)COS(=O)(=O)O2)C1=O. The molecule has 0 spiro atoms. The van der Waals surface area contributed by atoms with E-state index in [1.54, 1.807) is 20.2 Å². The number of amides is 3. The van der Waals surface area contributed by atoms with Gasteiger partial charge in [0, 0.05) is 12.1 Å². The molecule has 28 heavy (non-hydrogen) atoms. The summed E-state index contributed by atoms with van der Waals surface area (Å²) in [5.74, 6) is -3.28. The number of benzene rings is 1. The van der Waals surface area contributed by atoms with E-state index in [2.05, 4.69) is 9.50 Å². The average molecular weight is 415 g/mol. The van der Waals surface area contributed by atoms with Gasteiger partial charge in [-0.05, 0) is 20.2 Å². The molecule has 2 aliphatic heterocycles. The number of hydrogen-bond acceptors (Lipinski definition) is 8. The van der Waals surface area contributed by atoms with Gasteiger partial charge in [0.2, 0.25) is 11.8 Å². The van der Waals surface area contributed by atoms with E-state index in [9.17, 15) is 27.2 Å². The minimum atomic E-state index is -4.61. The molecule has 3 amide bonds. The van der Waals surface area contributed by atoms with Crippen LogP contribution in [-0.4, -0.2) is 68.4 Å². The van der Waals surface area contributed by atoms with Crippen LogP contribution in [0.1, 0.15) is 12.0 Å². The molecule has 0 bridgehead atoms. The van der Waals surface area contributed by atoms with Crippen LogP contribution in [0.2, 0.25) is 0 Å². The molecule has 0 unspecified atom stereocenters. The molecule has 10 nitrogen and oxygen atoms in total. The Hall–Kier alpha value is -2.41. The van der Waals surface area contributed by atoms with E-state index in [1.165, 1.54) is 23.1 Å². The number of halogens is 1. The quantitative estimate of drug-likeness (QED) is 0.615. The molecule has 3 rings (SSSR count). The van der Waals surface area contributed by atoms with Crippen molar-refractivity contribution in [2.75, 3.05) is 20.7 Å². The van der Waals surface area contributed by atoms with Crippen LogP contribution in [0.15, 0.2) is 24.3 Å². The Labute approximate surface area is 160 Å². The van der Waals surface area contributed by atoms with Gasteiger partial charge >= 0.3 is 10.4 Å². The van der Waals surface area contributed by atoms with E-state index in [4.69, 9.17) is 4.18 Å². The third-order valence-electron chi connectivity index (χ3n) is 4.50. The second kappa shape index (κ2) is 7.20. The zero-order chi connectivity index (χ0) is 20.7. The van der Waals surface area contributed by atoms with E-state index in [0.29, 0.717) is 4.90 Å². The predicted molar refractivity (Wildman–Crippen MR) is 90.9 cm³/mol. The van der Waals surface area contributed by atoms with Gasteiger partial charge in [-0.25, -0.2) is 17.7 Å². The first-order valence-corrected chi connectivity index (χ1v) is 9.56. The summed E-state index contributed by atoms with van der Waals surface area (Å²) in [5.41, 5.74) is -2.40. The number of hydrogen-bond donors (Lipinski definition) is 1. The summed E-state index contributed by atoms with van der Waals surface area (Å²) in [6.07, 6.45) is -0.252. The Morgan fingerprint density at radius 2 is 2.04 bits per heavy atom. The third kappa shape index (κ3) is 3.51. The lowest BCUT2D eigenvalue weighted by Crippen LogP contribution is -2.63. The van der Waals surface area contributed by atoms with Gasteiger partial charge in [0.05, 0.1) is 12.5 Å². The van der Waals surface area contributed by atoms with Crippen molar-refractivity contribution in [3.05, 3.63) is 35.6 Å². The Balaban J connectivity index is 1.91. The fourth-order valence-electron chi connectivity index (χ4n) is 3.03. The van der Waals surface area contributed by atoms with Crippen molar-refractivity contribution in [2.24, 2.45) is 0 Å². The normalized spacial score (nSPS) is 26.9. The van der Waals surface area contributed by atoms with Crippen LogP contribution in [0.5, 0.6) is 0 Å². The number of rotatable bonds is 5. The summed E-state index contributed by atoms with van der Waals surface area (Å²) in [7, 11) is -1.48. The molecule has 2 saturated heterocycles. The van der Waals surface area contributed by atoms with Crippen LogP contribution >= 0.6 is 0 Å². The van der Waals surface area contributed by atoms with Crippen molar-refractivity contribution < 1.29 is 35.6 Å². The molecule has 152 valence electrons. The first-order chi connectivity index (χ1) is 13.1. The van der Waals surface area contributed by atoms with Crippen molar-refractivity contribution in [3.63, 3.8) is 0 Å². The Morgan fingerprint density at radius 3 is 2.57 bits per heavy atom. The Morgan fingerprint density at radius 1 is 1.36 bits per heavy atom. The van der Waals surface area contributed by atoms with Crippen molar-refractivity contribution in [1.29, 1.82) is 0 Å². The molecule has 0 aromatic heterocycles. The Bertz CT molecular complexity index is 936. The number of nitrogens with zero attached hydrogens (tertiary/aromatic N) is 2. The maximum Gasteiger partial charge on any atom is 0.402 e. The lowest BCUT2D eigenvalue weighted by molar-refractivity contribution is -0.170. The van der Waals surface area contributed by atoms with Crippen LogP contribution in [0.3, 0.4) is 0 Å². The van der Waals surface area contributed by atoms with Crippen LogP contribution in [0.4, 0.5) is 4.39 Å². The Kier molecular flexibility index (Phi) is 5.23. The topological polar surface area (TPSA) is 122 Å². The van der Waals surface area contributed by atoms with Crippen LogP contribution < -0.4 is 5.32 Å². The molecule has 0 aliphatic carbocycles. The van der Waals surface area contributed by atoms with E-state index in [1.807, 2.05) is 0 Å². The summed E-state index contributed by atoms with van der Waals surface area (Å²) in [4.78, 5) is 39.9. The summed E-state index contributed by atoms with van der Waals surface area (Å²) < 4.78 is 46.5.